The third kappa shape index (κ3) is 3.90. The highest BCUT2D eigenvalue weighted by atomic mass is 35.5. The average molecular weight is 300 g/mol. The molecule has 6 nitrogen and oxygen atoms in total. The molecule has 2 heterocycles. The number of rotatable bonds is 5. The lowest BCUT2D eigenvalue weighted by Gasteiger charge is -2.06. The minimum Gasteiger partial charge on any atom is -0.352 e. The number of hydrogen-bond acceptors (Lipinski definition) is 4. The topological polar surface area (TPSA) is 72.7 Å². The van der Waals surface area contributed by atoms with Gasteiger partial charge in [0.15, 0.2) is 10.3 Å². The van der Waals surface area contributed by atoms with Gasteiger partial charge in [0.25, 0.3) is 5.91 Å². The van der Waals surface area contributed by atoms with Crippen LogP contribution in [0.2, 0.25) is 10.3 Å². The molecule has 0 fully saturated rings. The average Bonchev–Trinajstić information content (AvgIpc) is 2.90. The Hall–Kier alpha value is -1.66. The van der Waals surface area contributed by atoms with Gasteiger partial charge in [0.05, 0.1) is 11.9 Å². The molecule has 0 saturated carbocycles. The van der Waals surface area contributed by atoms with Crippen LogP contribution >= 0.6 is 23.2 Å². The van der Waals surface area contributed by atoms with Crippen molar-refractivity contribution in [2.75, 3.05) is 6.54 Å². The van der Waals surface area contributed by atoms with Crippen LogP contribution in [0.4, 0.5) is 0 Å². The number of halogens is 2. The van der Waals surface area contributed by atoms with Gasteiger partial charge in [-0.3, -0.25) is 4.79 Å². The van der Waals surface area contributed by atoms with Crippen molar-refractivity contribution in [2.24, 2.45) is 0 Å². The van der Waals surface area contributed by atoms with Crippen LogP contribution in [0.25, 0.3) is 0 Å². The number of hydrogen-bond donors (Lipinski definition) is 1. The maximum Gasteiger partial charge on any atom is 0.254 e. The number of aryl methyl sites for hydroxylation is 1. The fourth-order valence-electron chi connectivity index (χ4n) is 1.49. The summed E-state index contributed by atoms with van der Waals surface area (Å²) in [5.74, 6) is -0.313. The number of nitrogens with one attached hydrogen (secondary N) is 1. The molecule has 0 unspecified atom stereocenters. The van der Waals surface area contributed by atoms with Crippen molar-refractivity contribution in [1.82, 2.24) is 25.1 Å². The molecule has 19 heavy (non-hydrogen) atoms. The Morgan fingerprint density at radius 2 is 2.21 bits per heavy atom. The summed E-state index contributed by atoms with van der Waals surface area (Å²) in [6, 6.07) is 1.39. The molecule has 2 aromatic heterocycles. The molecule has 100 valence electrons. The van der Waals surface area contributed by atoms with Crippen molar-refractivity contribution in [2.45, 2.75) is 13.0 Å². The first-order valence-corrected chi connectivity index (χ1v) is 6.35. The first kappa shape index (κ1) is 13.8. The van der Waals surface area contributed by atoms with Gasteiger partial charge >= 0.3 is 0 Å². The van der Waals surface area contributed by atoms with Crippen LogP contribution in [0.15, 0.2) is 24.8 Å². The van der Waals surface area contributed by atoms with Crippen molar-refractivity contribution < 1.29 is 4.79 Å². The minimum atomic E-state index is -0.313. The highest BCUT2D eigenvalue weighted by molar-refractivity contribution is 6.34. The second-order valence-corrected chi connectivity index (χ2v) is 4.53. The van der Waals surface area contributed by atoms with E-state index >= 15 is 0 Å². The summed E-state index contributed by atoms with van der Waals surface area (Å²) < 4.78 is 1.93. The molecule has 1 amide bonds. The summed E-state index contributed by atoms with van der Waals surface area (Å²) in [5.41, 5.74) is 0.226. The van der Waals surface area contributed by atoms with Gasteiger partial charge in [0, 0.05) is 25.5 Å². The second kappa shape index (κ2) is 6.49. The van der Waals surface area contributed by atoms with E-state index in [1.54, 1.807) is 12.5 Å². The number of aromatic nitrogens is 4. The van der Waals surface area contributed by atoms with Crippen molar-refractivity contribution >= 4 is 29.1 Å². The van der Waals surface area contributed by atoms with E-state index in [0.29, 0.717) is 6.54 Å². The van der Waals surface area contributed by atoms with Crippen LogP contribution < -0.4 is 5.32 Å². The molecule has 2 rings (SSSR count). The Morgan fingerprint density at radius 1 is 1.37 bits per heavy atom. The summed E-state index contributed by atoms with van der Waals surface area (Å²) in [4.78, 5) is 15.8. The zero-order valence-electron chi connectivity index (χ0n) is 9.88. The maximum atomic E-state index is 11.8. The molecule has 0 bridgehead atoms. The largest absolute Gasteiger partial charge is 0.352 e. The molecular weight excluding hydrogens is 289 g/mol. The standard InChI is InChI=1S/C11H11Cl2N5O/c12-9-6-8(10(13)17-16-9)11(19)15-2-1-4-18-5-3-14-7-18/h3,5-7H,1-2,4H2,(H,15,19). The van der Waals surface area contributed by atoms with Crippen molar-refractivity contribution in [3.8, 4) is 0 Å². The lowest BCUT2D eigenvalue weighted by molar-refractivity contribution is 0.0952. The monoisotopic (exact) mass is 299 g/mol. The van der Waals surface area contributed by atoms with Gasteiger partial charge in [-0.2, -0.15) is 0 Å². The van der Waals surface area contributed by atoms with Gasteiger partial charge in [-0.05, 0) is 12.5 Å². The fourth-order valence-corrected chi connectivity index (χ4v) is 1.82. The molecule has 0 aromatic carbocycles. The van der Waals surface area contributed by atoms with E-state index in [4.69, 9.17) is 23.2 Å². The molecule has 1 N–H and O–H groups in total. The molecule has 0 saturated heterocycles. The normalized spacial score (nSPS) is 10.4. The van der Waals surface area contributed by atoms with E-state index in [1.165, 1.54) is 6.07 Å². The number of carbonyl (C=O) groups excluding carboxylic acids is 1. The van der Waals surface area contributed by atoms with Crippen LogP contribution in [0.5, 0.6) is 0 Å². The third-order valence-corrected chi connectivity index (χ3v) is 2.87. The molecular formula is C11H11Cl2N5O. The summed E-state index contributed by atoms with van der Waals surface area (Å²) in [5, 5.41) is 10.0. The number of carbonyl (C=O) groups is 1. The highest BCUT2D eigenvalue weighted by Gasteiger charge is 2.12. The van der Waals surface area contributed by atoms with Crippen LogP contribution in [0, 0.1) is 0 Å². The van der Waals surface area contributed by atoms with Crippen LogP contribution in [0.3, 0.4) is 0 Å². The molecule has 0 radical (unpaired) electrons. The first-order chi connectivity index (χ1) is 9.16. The van der Waals surface area contributed by atoms with Gasteiger partial charge < -0.3 is 9.88 Å². The smallest absolute Gasteiger partial charge is 0.254 e. The zero-order chi connectivity index (χ0) is 13.7. The SMILES string of the molecule is O=C(NCCCn1ccnc1)c1cc(Cl)nnc1Cl. The van der Waals surface area contributed by atoms with E-state index in [1.807, 2.05) is 10.8 Å². The summed E-state index contributed by atoms with van der Waals surface area (Å²) in [6.45, 7) is 1.30. The predicted molar refractivity (Wildman–Crippen MR) is 71.2 cm³/mol. The predicted octanol–water partition coefficient (Wildman–Crippen LogP) is 1.80. The molecule has 2 aromatic rings. The zero-order valence-corrected chi connectivity index (χ0v) is 11.4. The third-order valence-electron chi connectivity index (χ3n) is 2.40. The molecule has 0 aliphatic rings. The van der Waals surface area contributed by atoms with E-state index in [2.05, 4.69) is 20.5 Å². The maximum absolute atomic E-state index is 11.8. The Morgan fingerprint density at radius 3 is 2.95 bits per heavy atom. The van der Waals surface area contributed by atoms with Crippen molar-refractivity contribution in [3.63, 3.8) is 0 Å². The lowest BCUT2D eigenvalue weighted by atomic mass is 10.3. The minimum absolute atomic E-state index is 0.0384. The first-order valence-electron chi connectivity index (χ1n) is 5.59. The van der Waals surface area contributed by atoms with E-state index in [0.717, 1.165) is 13.0 Å². The quantitative estimate of drug-likeness (QED) is 0.855. The van der Waals surface area contributed by atoms with Crippen molar-refractivity contribution in [1.29, 1.82) is 0 Å². The summed E-state index contributed by atoms with van der Waals surface area (Å²) >= 11 is 11.4. The Balaban J connectivity index is 1.82. The molecule has 0 aliphatic heterocycles. The molecule has 0 atom stereocenters. The molecule has 8 heteroatoms. The fraction of sp³-hybridized carbons (Fsp3) is 0.273. The van der Waals surface area contributed by atoms with Gasteiger partial charge in [-0.15, -0.1) is 10.2 Å². The van der Waals surface area contributed by atoms with Gasteiger partial charge in [0.2, 0.25) is 0 Å². The molecule has 0 spiro atoms. The van der Waals surface area contributed by atoms with Crippen LogP contribution in [0.1, 0.15) is 16.8 Å². The Bertz CT molecular complexity index is 558. The van der Waals surface area contributed by atoms with E-state index in [9.17, 15) is 4.79 Å². The summed E-state index contributed by atoms with van der Waals surface area (Å²) in [6.07, 6.45) is 6.09. The van der Waals surface area contributed by atoms with Gasteiger partial charge in [-0.1, -0.05) is 23.2 Å². The second-order valence-electron chi connectivity index (χ2n) is 3.78. The van der Waals surface area contributed by atoms with Gasteiger partial charge in [0.1, 0.15) is 0 Å². The highest BCUT2D eigenvalue weighted by Crippen LogP contribution is 2.14. The Labute approximate surface area is 119 Å². The lowest BCUT2D eigenvalue weighted by Crippen LogP contribution is -2.25. The number of imidazole rings is 1. The van der Waals surface area contributed by atoms with Crippen LogP contribution in [-0.2, 0) is 6.54 Å². The summed E-state index contributed by atoms with van der Waals surface area (Å²) in [7, 11) is 0. The van der Waals surface area contributed by atoms with E-state index in [-0.39, 0.29) is 21.8 Å². The Kier molecular flexibility index (Phi) is 4.70. The number of nitrogens with zero attached hydrogens (tertiary/aromatic N) is 4. The van der Waals surface area contributed by atoms with Gasteiger partial charge in [-0.25, -0.2) is 4.98 Å². The number of amides is 1. The van der Waals surface area contributed by atoms with Crippen LogP contribution in [-0.4, -0.2) is 32.2 Å². The molecule has 0 aliphatic carbocycles. The van der Waals surface area contributed by atoms with E-state index < -0.39 is 0 Å². The van der Waals surface area contributed by atoms with Crippen molar-refractivity contribution in [3.05, 3.63) is 40.7 Å².